The van der Waals surface area contributed by atoms with E-state index < -0.39 is 0 Å². The molecule has 20 heavy (non-hydrogen) atoms. The van der Waals surface area contributed by atoms with Crippen LogP contribution < -0.4 is 15.4 Å². The van der Waals surface area contributed by atoms with Crippen LogP contribution in [-0.2, 0) is 6.54 Å². The zero-order valence-corrected chi connectivity index (χ0v) is 11.1. The number of para-hydroxylation sites is 1. The molecule has 3 rings (SSSR count). The molecule has 104 valence electrons. The fourth-order valence-corrected chi connectivity index (χ4v) is 2.26. The molecule has 2 N–H and O–H groups in total. The van der Waals surface area contributed by atoms with Gasteiger partial charge in [-0.3, -0.25) is 4.79 Å². The zero-order chi connectivity index (χ0) is 13.8. The highest BCUT2D eigenvalue weighted by atomic mass is 16.5. The molecule has 0 radical (unpaired) electrons. The van der Waals surface area contributed by atoms with Crippen molar-refractivity contribution in [1.82, 2.24) is 9.88 Å². The van der Waals surface area contributed by atoms with Crippen LogP contribution in [-0.4, -0.2) is 30.2 Å². The lowest BCUT2D eigenvalue weighted by Crippen LogP contribution is -2.28. The molecule has 1 aromatic carbocycles. The van der Waals surface area contributed by atoms with Crippen molar-refractivity contribution >= 4 is 11.6 Å². The molecule has 0 saturated carbocycles. The molecule has 2 heterocycles. The van der Waals surface area contributed by atoms with Crippen LogP contribution in [0.2, 0.25) is 0 Å². The van der Waals surface area contributed by atoms with Gasteiger partial charge >= 0.3 is 0 Å². The first-order chi connectivity index (χ1) is 9.84. The molecule has 5 heteroatoms. The Morgan fingerprint density at radius 1 is 1.30 bits per heavy atom. The molecule has 2 aromatic rings. The predicted octanol–water partition coefficient (Wildman–Crippen LogP) is 1.72. The van der Waals surface area contributed by atoms with Crippen LogP contribution in [0.15, 0.2) is 42.7 Å². The number of benzene rings is 1. The van der Waals surface area contributed by atoms with Crippen molar-refractivity contribution in [3.63, 3.8) is 0 Å². The first kappa shape index (κ1) is 12.6. The van der Waals surface area contributed by atoms with Gasteiger partial charge in [0.15, 0.2) is 5.75 Å². The third-order valence-electron chi connectivity index (χ3n) is 3.25. The summed E-state index contributed by atoms with van der Waals surface area (Å²) >= 11 is 0. The van der Waals surface area contributed by atoms with E-state index in [0.717, 1.165) is 18.8 Å². The number of hydrogen-bond donors (Lipinski definition) is 2. The molecular formula is C15H17N3O2. The van der Waals surface area contributed by atoms with Crippen LogP contribution in [0, 0.1) is 0 Å². The number of hydrogen-bond acceptors (Lipinski definition) is 3. The van der Waals surface area contributed by atoms with E-state index in [1.807, 2.05) is 41.2 Å². The van der Waals surface area contributed by atoms with Crippen molar-refractivity contribution in [2.45, 2.75) is 6.54 Å². The third-order valence-corrected chi connectivity index (χ3v) is 3.25. The molecule has 0 aliphatic carbocycles. The van der Waals surface area contributed by atoms with Crippen LogP contribution in [0.3, 0.4) is 0 Å². The molecule has 0 fully saturated rings. The lowest BCUT2D eigenvalue weighted by Gasteiger charge is -2.21. The smallest absolute Gasteiger partial charge is 0.255 e. The van der Waals surface area contributed by atoms with E-state index in [-0.39, 0.29) is 5.91 Å². The van der Waals surface area contributed by atoms with E-state index in [0.29, 0.717) is 24.5 Å². The maximum Gasteiger partial charge on any atom is 0.255 e. The van der Waals surface area contributed by atoms with Crippen LogP contribution in [0.1, 0.15) is 10.4 Å². The summed E-state index contributed by atoms with van der Waals surface area (Å²) in [5, 5.41) is 6.15. The van der Waals surface area contributed by atoms with Crippen molar-refractivity contribution < 1.29 is 9.53 Å². The summed E-state index contributed by atoms with van der Waals surface area (Å²) in [6, 6.07) is 9.51. The Balaban J connectivity index is 1.65. The van der Waals surface area contributed by atoms with E-state index >= 15 is 0 Å². The Morgan fingerprint density at radius 3 is 3.00 bits per heavy atom. The summed E-state index contributed by atoms with van der Waals surface area (Å²) in [5.41, 5.74) is 1.47. The highest BCUT2D eigenvalue weighted by Crippen LogP contribution is 2.30. The number of amides is 1. The highest BCUT2D eigenvalue weighted by molar-refractivity contribution is 5.98. The van der Waals surface area contributed by atoms with Gasteiger partial charge in [-0.2, -0.15) is 0 Å². The number of ether oxygens (including phenoxy) is 1. The minimum absolute atomic E-state index is 0.0993. The number of anilines is 1. The minimum atomic E-state index is -0.0993. The molecule has 0 bridgehead atoms. The van der Waals surface area contributed by atoms with E-state index in [2.05, 4.69) is 10.6 Å². The van der Waals surface area contributed by atoms with E-state index in [1.165, 1.54) is 0 Å². The second kappa shape index (κ2) is 5.69. The SMILES string of the molecule is O=C(NCCn1cccc1)c1cccc2c1OCCN2. The normalized spacial score (nSPS) is 13.0. The van der Waals surface area contributed by atoms with Crippen LogP contribution in [0.25, 0.3) is 0 Å². The van der Waals surface area contributed by atoms with Gasteiger partial charge in [0.05, 0.1) is 11.3 Å². The number of nitrogens with zero attached hydrogens (tertiary/aromatic N) is 1. The molecule has 0 saturated heterocycles. The Labute approximate surface area is 117 Å². The molecular weight excluding hydrogens is 254 g/mol. The number of nitrogens with one attached hydrogen (secondary N) is 2. The summed E-state index contributed by atoms with van der Waals surface area (Å²) in [6.45, 7) is 2.70. The fraction of sp³-hybridized carbons (Fsp3) is 0.267. The van der Waals surface area contributed by atoms with Gasteiger partial charge in [-0.15, -0.1) is 0 Å². The van der Waals surface area contributed by atoms with Crippen molar-refractivity contribution in [3.05, 3.63) is 48.3 Å². The average Bonchev–Trinajstić information content (AvgIpc) is 3.00. The molecule has 1 amide bonds. The lowest BCUT2D eigenvalue weighted by atomic mass is 10.1. The highest BCUT2D eigenvalue weighted by Gasteiger charge is 2.18. The van der Waals surface area contributed by atoms with E-state index in [4.69, 9.17) is 4.74 Å². The van der Waals surface area contributed by atoms with Crippen LogP contribution in [0.5, 0.6) is 5.75 Å². The number of aromatic nitrogens is 1. The Bertz CT molecular complexity index is 593. The molecule has 0 atom stereocenters. The Kier molecular flexibility index (Phi) is 3.58. The topological polar surface area (TPSA) is 55.3 Å². The number of carbonyl (C=O) groups is 1. The van der Waals surface area contributed by atoms with Crippen molar-refractivity contribution in [1.29, 1.82) is 0 Å². The molecule has 0 unspecified atom stereocenters. The van der Waals surface area contributed by atoms with Gasteiger partial charge < -0.3 is 19.9 Å². The van der Waals surface area contributed by atoms with Crippen molar-refractivity contribution in [2.75, 3.05) is 25.0 Å². The Hall–Kier alpha value is -2.43. The predicted molar refractivity (Wildman–Crippen MR) is 77.2 cm³/mol. The Morgan fingerprint density at radius 2 is 2.15 bits per heavy atom. The van der Waals surface area contributed by atoms with Gasteiger partial charge in [-0.25, -0.2) is 0 Å². The van der Waals surface area contributed by atoms with E-state index in [9.17, 15) is 4.79 Å². The monoisotopic (exact) mass is 271 g/mol. The number of fused-ring (bicyclic) bond motifs is 1. The third kappa shape index (κ3) is 2.61. The van der Waals surface area contributed by atoms with Crippen molar-refractivity contribution in [3.8, 4) is 5.75 Å². The first-order valence-electron chi connectivity index (χ1n) is 6.73. The first-order valence-corrected chi connectivity index (χ1v) is 6.73. The van der Waals surface area contributed by atoms with Gasteiger partial charge in [0.1, 0.15) is 6.61 Å². The molecule has 1 aromatic heterocycles. The molecule has 5 nitrogen and oxygen atoms in total. The largest absolute Gasteiger partial charge is 0.489 e. The minimum Gasteiger partial charge on any atom is -0.489 e. The van der Waals surface area contributed by atoms with Gasteiger partial charge in [0, 0.05) is 32.0 Å². The second-order valence-corrected chi connectivity index (χ2v) is 4.63. The summed E-state index contributed by atoms with van der Waals surface area (Å²) in [7, 11) is 0. The maximum absolute atomic E-state index is 12.2. The molecule has 1 aliphatic rings. The average molecular weight is 271 g/mol. The second-order valence-electron chi connectivity index (χ2n) is 4.63. The molecule has 1 aliphatic heterocycles. The number of carbonyl (C=O) groups excluding carboxylic acids is 1. The maximum atomic E-state index is 12.2. The van der Waals surface area contributed by atoms with E-state index in [1.54, 1.807) is 6.07 Å². The van der Waals surface area contributed by atoms with Gasteiger partial charge in [-0.05, 0) is 24.3 Å². The quantitative estimate of drug-likeness (QED) is 0.890. The van der Waals surface area contributed by atoms with Gasteiger partial charge in [-0.1, -0.05) is 6.07 Å². The summed E-state index contributed by atoms with van der Waals surface area (Å²) in [6.07, 6.45) is 3.95. The van der Waals surface area contributed by atoms with Crippen LogP contribution in [0.4, 0.5) is 5.69 Å². The lowest BCUT2D eigenvalue weighted by molar-refractivity contribution is 0.0948. The van der Waals surface area contributed by atoms with Gasteiger partial charge in [0.25, 0.3) is 5.91 Å². The van der Waals surface area contributed by atoms with Gasteiger partial charge in [0.2, 0.25) is 0 Å². The fourth-order valence-electron chi connectivity index (χ4n) is 2.26. The zero-order valence-electron chi connectivity index (χ0n) is 11.1. The summed E-state index contributed by atoms with van der Waals surface area (Å²) in [4.78, 5) is 12.2. The van der Waals surface area contributed by atoms with Crippen LogP contribution >= 0.6 is 0 Å². The standard InChI is InChI=1S/C15H17N3O2/c19-15(17-6-10-18-8-1-2-9-18)12-4-3-5-13-14(12)20-11-7-16-13/h1-5,8-9,16H,6-7,10-11H2,(H,17,19). The number of rotatable bonds is 4. The van der Waals surface area contributed by atoms with Crippen molar-refractivity contribution in [2.24, 2.45) is 0 Å². The molecule has 0 spiro atoms. The summed E-state index contributed by atoms with van der Waals surface area (Å²) in [5.74, 6) is 0.551. The summed E-state index contributed by atoms with van der Waals surface area (Å²) < 4.78 is 7.63.